The SMILES string of the molecule is CCC(c1cccc(F)c1)N(CC)CC1CCNCC1. The zero-order valence-corrected chi connectivity index (χ0v) is 12.7. The summed E-state index contributed by atoms with van der Waals surface area (Å²) in [6, 6.07) is 7.44. The van der Waals surface area contributed by atoms with Crippen LogP contribution in [0.2, 0.25) is 0 Å². The van der Waals surface area contributed by atoms with E-state index in [9.17, 15) is 4.39 Å². The van der Waals surface area contributed by atoms with Crippen molar-refractivity contribution in [3.8, 4) is 0 Å². The Balaban J connectivity index is 2.06. The minimum atomic E-state index is -0.126. The largest absolute Gasteiger partial charge is 0.317 e. The average Bonchev–Trinajstić information content (AvgIpc) is 2.48. The summed E-state index contributed by atoms with van der Waals surface area (Å²) in [6.07, 6.45) is 3.55. The summed E-state index contributed by atoms with van der Waals surface area (Å²) in [7, 11) is 0. The quantitative estimate of drug-likeness (QED) is 0.855. The monoisotopic (exact) mass is 278 g/mol. The summed E-state index contributed by atoms with van der Waals surface area (Å²) in [6.45, 7) is 8.84. The Hall–Kier alpha value is -0.930. The van der Waals surface area contributed by atoms with Crippen LogP contribution in [0, 0.1) is 11.7 Å². The molecule has 1 unspecified atom stereocenters. The molecule has 0 radical (unpaired) electrons. The zero-order valence-electron chi connectivity index (χ0n) is 12.7. The number of halogens is 1. The summed E-state index contributed by atoms with van der Waals surface area (Å²) in [5, 5.41) is 3.42. The molecule has 0 saturated carbocycles. The second kappa shape index (κ2) is 7.75. The Bertz CT molecular complexity index is 402. The third-order valence-electron chi connectivity index (χ3n) is 4.42. The van der Waals surface area contributed by atoms with Gasteiger partial charge >= 0.3 is 0 Å². The maximum Gasteiger partial charge on any atom is 0.123 e. The molecule has 0 bridgehead atoms. The van der Waals surface area contributed by atoms with Crippen LogP contribution < -0.4 is 5.32 Å². The van der Waals surface area contributed by atoms with Crippen molar-refractivity contribution in [2.75, 3.05) is 26.2 Å². The number of nitrogens with zero attached hydrogens (tertiary/aromatic N) is 1. The van der Waals surface area contributed by atoms with Gasteiger partial charge in [0.2, 0.25) is 0 Å². The third kappa shape index (κ3) is 4.03. The van der Waals surface area contributed by atoms with Crippen LogP contribution in [0.15, 0.2) is 24.3 Å². The maximum atomic E-state index is 13.5. The molecule has 1 atom stereocenters. The molecule has 0 aliphatic carbocycles. The zero-order chi connectivity index (χ0) is 14.4. The van der Waals surface area contributed by atoms with E-state index in [1.54, 1.807) is 6.07 Å². The van der Waals surface area contributed by atoms with Gasteiger partial charge in [0.1, 0.15) is 5.82 Å². The molecule has 1 aromatic rings. The smallest absolute Gasteiger partial charge is 0.123 e. The first-order chi connectivity index (χ1) is 9.74. The number of hydrogen-bond donors (Lipinski definition) is 1. The summed E-state index contributed by atoms with van der Waals surface area (Å²) in [5.41, 5.74) is 1.11. The molecule has 3 heteroatoms. The van der Waals surface area contributed by atoms with E-state index in [-0.39, 0.29) is 5.82 Å². The van der Waals surface area contributed by atoms with Gasteiger partial charge in [0.25, 0.3) is 0 Å². The number of piperidine rings is 1. The van der Waals surface area contributed by atoms with E-state index >= 15 is 0 Å². The minimum Gasteiger partial charge on any atom is -0.317 e. The van der Waals surface area contributed by atoms with Crippen LogP contribution in [0.5, 0.6) is 0 Å². The van der Waals surface area contributed by atoms with Crippen molar-refractivity contribution in [2.24, 2.45) is 5.92 Å². The van der Waals surface area contributed by atoms with Crippen molar-refractivity contribution in [2.45, 2.75) is 39.2 Å². The molecule has 112 valence electrons. The van der Waals surface area contributed by atoms with Crippen molar-refractivity contribution >= 4 is 0 Å². The fourth-order valence-electron chi connectivity index (χ4n) is 3.29. The Morgan fingerprint density at radius 3 is 2.65 bits per heavy atom. The number of nitrogens with one attached hydrogen (secondary N) is 1. The van der Waals surface area contributed by atoms with Crippen LogP contribution >= 0.6 is 0 Å². The molecular formula is C17H27FN2. The molecule has 2 nitrogen and oxygen atoms in total. The normalized spacial score (nSPS) is 18.4. The van der Waals surface area contributed by atoms with Gasteiger partial charge in [0.05, 0.1) is 0 Å². The van der Waals surface area contributed by atoms with Crippen LogP contribution in [0.4, 0.5) is 4.39 Å². The molecule has 1 aromatic carbocycles. The lowest BCUT2D eigenvalue weighted by Gasteiger charge is -2.35. The summed E-state index contributed by atoms with van der Waals surface area (Å²) in [4.78, 5) is 2.52. The third-order valence-corrected chi connectivity index (χ3v) is 4.42. The summed E-state index contributed by atoms with van der Waals surface area (Å²) >= 11 is 0. The first-order valence-corrected chi connectivity index (χ1v) is 7.94. The second-order valence-corrected chi connectivity index (χ2v) is 5.76. The predicted octanol–water partition coefficient (Wildman–Crippen LogP) is 3.60. The number of benzene rings is 1. The van der Waals surface area contributed by atoms with Gasteiger partial charge in [-0.3, -0.25) is 4.90 Å². The second-order valence-electron chi connectivity index (χ2n) is 5.76. The molecule has 0 spiro atoms. The van der Waals surface area contributed by atoms with Crippen LogP contribution in [0.3, 0.4) is 0 Å². The lowest BCUT2D eigenvalue weighted by molar-refractivity contribution is 0.155. The van der Waals surface area contributed by atoms with Crippen molar-refractivity contribution < 1.29 is 4.39 Å². The number of rotatable bonds is 6. The Morgan fingerprint density at radius 1 is 1.30 bits per heavy atom. The first kappa shape index (κ1) is 15.5. The molecule has 1 N–H and O–H groups in total. The Kier molecular flexibility index (Phi) is 5.99. The van der Waals surface area contributed by atoms with E-state index in [1.807, 2.05) is 6.07 Å². The molecule has 1 aliphatic heterocycles. The predicted molar refractivity (Wildman–Crippen MR) is 82.3 cm³/mol. The van der Waals surface area contributed by atoms with Gasteiger partial charge in [-0.1, -0.05) is 26.0 Å². The molecule has 1 fully saturated rings. The highest BCUT2D eigenvalue weighted by Crippen LogP contribution is 2.27. The molecule has 1 heterocycles. The lowest BCUT2D eigenvalue weighted by atomic mass is 9.95. The van der Waals surface area contributed by atoms with Gasteiger partial charge in [0.15, 0.2) is 0 Å². The fraction of sp³-hybridized carbons (Fsp3) is 0.647. The van der Waals surface area contributed by atoms with Crippen molar-refractivity contribution in [1.82, 2.24) is 10.2 Å². The molecule has 1 aliphatic rings. The highest BCUT2D eigenvalue weighted by Gasteiger charge is 2.22. The number of hydrogen-bond acceptors (Lipinski definition) is 2. The first-order valence-electron chi connectivity index (χ1n) is 7.94. The fourth-order valence-corrected chi connectivity index (χ4v) is 3.29. The molecule has 1 saturated heterocycles. The average molecular weight is 278 g/mol. The van der Waals surface area contributed by atoms with E-state index in [0.29, 0.717) is 6.04 Å². The topological polar surface area (TPSA) is 15.3 Å². The summed E-state index contributed by atoms with van der Waals surface area (Å²) in [5.74, 6) is 0.651. The van der Waals surface area contributed by atoms with E-state index in [4.69, 9.17) is 0 Å². The summed E-state index contributed by atoms with van der Waals surface area (Å²) < 4.78 is 13.5. The molecule has 0 amide bonds. The van der Waals surface area contributed by atoms with E-state index in [0.717, 1.165) is 44.1 Å². The van der Waals surface area contributed by atoms with Crippen molar-refractivity contribution in [1.29, 1.82) is 0 Å². The maximum absolute atomic E-state index is 13.5. The standard InChI is InChI=1S/C17H27FN2/c1-3-17(15-6-5-7-16(18)12-15)20(4-2)13-14-8-10-19-11-9-14/h5-7,12,14,17,19H,3-4,8-11,13H2,1-2H3. The molecule has 2 rings (SSSR count). The van der Waals surface area contributed by atoms with E-state index < -0.39 is 0 Å². The van der Waals surface area contributed by atoms with Gasteiger partial charge in [-0.15, -0.1) is 0 Å². The van der Waals surface area contributed by atoms with Gasteiger partial charge < -0.3 is 5.32 Å². The van der Waals surface area contributed by atoms with Gasteiger partial charge in [-0.05, 0) is 62.5 Å². The van der Waals surface area contributed by atoms with E-state index in [2.05, 4.69) is 30.1 Å². The molecule has 20 heavy (non-hydrogen) atoms. The highest BCUT2D eigenvalue weighted by molar-refractivity contribution is 5.20. The van der Waals surface area contributed by atoms with Crippen LogP contribution in [0.25, 0.3) is 0 Å². The van der Waals surface area contributed by atoms with Gasteiger partial charge in [-0.2, -0.15) is 0 Å². The van der Waals surface area contributed by atoms with Crippen LogP contribution in [-0.4, -0.2) is 31.1 Å². The van der Waals surface area contributed by atoms with Crippen molar-refractivity contribution in [3.05, 3.63) is 35.6 Å². The lowest BCUT2D eigenvalue weighted by Crippen LogP contribution is -2.38. The minimum absolute atomic E-state index is 0.126. The van der Waals surface area contributed by atoms with Crippen LogP contribution in [0.1, 0.15) is 44.7 Å². The van der Waals surface area contributed by atoms with Crippen LogP contribution in [-0.2, 0) is 0 Å². The van der Waals surface area contributed by atoms with Gasteiger partial charge in [-0.25, -0.2) is 4.39 Å². The molecule has 0 aromatic heterocycles. The highest BCUT2D eigenvalue weighted by atomic mass is 19.1. The molecular weight excluding hydrogens is 251 g/mol. The van der Waals surface area contributed by atoms with E-state index in [1.165, 1.54) is 18.9 Å². The Labute approximate surface area is 122 Å². The van der Waals surface area contributed by atoms with Crippen molar-refractivity contribution in [3.63, 3.8) is 0 Å². The Morgan fingerprint density at radius 2 is 2.05 bits per heavy atom. The van der Waals surface area contributed by atoms with Gasteiger partial charge in [0, 0.05) is 12.6 Å².